The van der Waals surface area contributed by atoms with Crippen LogP contribution in [0.5, 0.6) is 5.75 Å². The highest BCUT2D eigenvalue weighted by molar-refractivity contribution is 7.86. The van der Waals surface area contributed by atoms with Crippen molar-refractivity contribution < 1.29 is 17.4 Å². The largest absolute Gasteiger partial charge is 0.428 e. The molecule has 5 nitrogen and oxygen atoms in total. The van der Waals surface area contributed by atoms with Crippen LogP contribution in [0.15, 0.2) is 16.5 Å². The first kappa shape index (κ1) is 15.6. The number of nitrogens with zero attached hydrogens (tertiary/aromatic N) is 1. The maximum Gasteiger partial charge on any atom is 0.428 e. The summed E-state index contributed by atoms with van der Waals surface area (Å²) in [4.78, 5) is 12.4. The van der Waals surface area contributed by atoms with Crippen LogP contribution in [-0.4, -0.2) is 20.4 Å². The molecule has 132 valence electrons. The zero-order chi connectivity index (χ0) is 17.4. The van der Waals surface area contributed by atoms with Gasteiger partial charge in [-0.3, -0.25) is 4.79 Å². The van der Waals surface area contributed by atoms with E-state index in [1.54, 1.807) is 6.07 Å². The molecule has 0 spiro atoms. The minimum Gasteiger partial charge on any atom is -0.365 e. The average molecular weight is 359 g/mol. The third-order valence-electron chi connectivity index (χ3n) is 7.13. The molecule has 0 amide bonds. The number of carbonyl (C=O) groups excluding carboxylic acids is 1. The SMILES string of the molecule is C[C@]12CCC3c4ccc5c(c4CCC3C1CCC2=O)C=NS(=O)(=O)O5. The van der Waals surface area contributed by atoms with E-state index in [1.165, 1.54) is 17.3 Å². The zero-order valence-electron chi connectivity index (χ0n) is 14.2. The standard InChI is InChI=1S/C19H21NO4S/c1-19-9-8-13-11-4-6-17-15(10-20-25(22,23)24-17)12(11)2-3-14(13)16(19)5-7-18(19)21/h4,6,10,13-14,16H,2-3,5,7-9H2,1H3/t13?,14?,16?,19-/m0/s1. The molecular formula is C19H21NO4S. The summed E-state index contributed by atoms with van der Waals surface area (Å²) in [5.74, 6) is 2.36. The molecule has 4 atom stereocenters. The molecule has 0 aromatic heterocycles. The lowest BCUT2D eigenvalue weighted by Gasteiger charge is -2.48. The van der Waals surface area contributed by atoms with E-state index in [9.17, 15) is 13.2 Å². The summed E-state index contributed by atoms with van der Waals surface area (Å²) >= 11 is 0. The lowest BCUT2D eigenvalue weighted by molar-refractivity contribution is -0.129. The number of Topliss-reactive ketones (excluding diaryl/α,β-unsaturated/α-hetero) is 1. The fourth-order valence-corrected chi connectivity index (χ4v) is 6.56. The first-order valence-electron chi connectivity index (χ1n) is 9.08. The summed E-state index contributed by atoms with van der Waals surface area (Å²) in [5, 5.41) is 0. The number of hydrogen-bond acceptors (Lipinski definition) is 4. The predicted octanol–water partition coefficient (Wildman–Crippen LogP) is 3.17. The van der Waals surface area contributed by atoms with Gasteiger partial charge in [-0.15, -0.1) is 4.40 Å². The number of benzene rings is 1. The quantitative estimate of drug-likeness (QED) is 0.713. The Morgan fingerprint density at radius 1 is 1.20 bits per heavy atom. The molecule has 2 saturated carbocycles. The summed E-state index contributed by atoms with van der Waals surface area (Å²) in [7, 11) is -3.84. The Bertz CT molecular complexity index is 920. The van der Waals surface area contributed by atoms with Crippen molar-refractivity contribution >= 4 is 22.3 Å². The summed E-state index contributed by atoms with van der Waals surface area (Å²) in [6, 6.07) is 3.81. The van der Waals surface area contributed by atoms with Gasteiger partial charge >= 0.3 is 10.3 Å². The third-order valence-corrected chi connectivity index (χ3v) is 7.89. The van der Waals surface area contributed by atoms with Crippen LogP contribution in [0.4, 0.5) is 0 Å². The molecule has 2 fully saturated rings. The zero-order valence-corrected chi connectivity index (χ0v) is 15.0. The lowest BCUT2D eigenvalue weighted by Crippen LogP contribution is -2.42. The van der Waals surface area contributed by atoms with Gasteiger partial charge in [0.1, 0.15) is 5.78 Å². The maximum absolute atomic E-state index is 12.4. The van der Waals surface area contributed by atoms with Gasteiger partial charge in [-0.05, 0) is 67.1 Å². The Morgan fingerprint density at radius 2 is 2.04 bits per heavy atom. The Morgan fingerprint density at radius 3 is 2.88 bits per heavy atom. The molecule has 3 aliphatic carbocycles. The van der Waals surface area contributed by atoms with Crippen molar-refractivity contribution in [1.82, 2.24) is 0 Å². The van der Waals surface area contributed by atoms with Crippen LogP contribution in [0, 0.1) is 17.3 Å². The minimum atomic E-state index is -3.84. The second-order valence-electron chi connectivity index (χ2n) is 8.12. The second-order valence-corrected chi connectivity index (χ2v) is 9.36. The predicted molar refractivity (Wildman–Crippen MR) is 93.2 cm³/mol. The van der Waals surface area contributed by atoms with Gasteiger partial charge in [0, 0.05) is 17.4 Å². The van der Waals surface area contributed by atoms with Gasteiger partial charge < -0.3 is 4.18 Å². The average Bonchev–Trinajstić information content (AvgIpc) is 2.88. The summed E-state index contributed by atoms with van der Waals surface area (Å²) in [6.07, 6.45) is 7.16. The van der Waals surface area contributed by atoms with Crippen molar-refractivity contribution in [3.63, 3.8) is 0 Å². The van der Waals surface area contributed by atoms with E-state index in [0.29, 0.717) is 29.3 Å². The Hall–Kier alpha value is -1.69. The van der Waals surface area contributed by atoms with E-state index in [0.717, 1.165) is 44.1 Å². The monoisotopic (exact) mass is 359 g/mol. The molecule has 0 N–H and O–H groups in total. The molecule has 1 heterocycles. The van der Waals surface area contributed by atoms with Gasteiger partial charge in [-0.25, -0.2) is 0 Å². The molecule has 1 aromatic carbocycles. The van der Waals surface area contributed by atoms with Crippen molar-refractivity contribution in [1.29, 1.82) is 0 Å². The molecule has 25 heavy (non-hydrogen) atoms. The molecule has 0 bridgehead atoms. The van der Waals surface area contributed by atoms with Gasteiger partial charge in [0.15, 0.2) is 5.75 Å². The molecular weight excluding hydrogens is 338 g/mol. The van der Waals surface area contributed by atoms with E-state index in [-0.39, 0.29) is 5.41 Å². The first-order chi connectivity index (χ1) is 11.9. The molecule has 1 aliphatic heterocycles. The van der Waals surface area contributed by atoms with Gasteiger partial charge in [-0.1, -0.05) is 13.0 Å². The lowest BCUT2D eigenvalue weighted by atomic mass is 9.55. The van der Waals surface area contributed by atoms with Crippen LogP contribution in [0.25, 0.3) is 0 Å². The molecule has 0 saturated heterocycles. The topological polar surface area (TPSA) is 72.8 Å². The fraction of sp³-hybridized carbons (Fsp3) is 0.579. The highest BCUT2D eigenvalue weighted by Crippen LogP contribution is 2.60. The highest BCUT2D eigenvalue weighted by Gasteiger charge is 2.54. The first-order valence-corrected chi connectivity index (χ1v) is 10.4. The summed E-state index contributed by atoms with van der Waals surface area (Å²) < 4.78 is 31.7. The summed E-state index contributed by atoms with van der Waals surface area (Å²) in [6.45, 7) is 2.18. The van der Waals surface area contributed by atoms with Crippen LogP contribution in [0.1, 0.15) is 61.6 Å². The van der Waals surface area contributed by atoms with Crippen LogP contribution in [0.2, 0.25) is 0 Å². The van der Waals surface area contributed by atoms with Gasteiger partial charge in [0.2, 0.25) is 0 Å². The van der Waals surface area contributed by atoms with E-state index in [4.69, 9.17) is 4.18 Å². The second kappa shape index (κ2) is 4.93. The van der Waals surface area contributed by atoms with Gasteiger partial charge in [0.25, 0.3) is 0 Å². The highest BCUT2D eigenvalue weighted by atomic mass is 32.2. The third kappa shape index (κ3) is 2.09. The van der Waals surface area contributed by atoms with E-state index in [2.05, 4.69) is 11.3 Å². The minimum absolute atomic E-state index is 0.120. The van der Waals surface area contributed by atoms with Crippen LogP contribution in [-0.2, 0) is 21.5 Å². The summed E-state index contributed by atoms with van der Waals surface area (Å²) in [5.41, 5.74) is 3.20. The van der Waals surface area contributed by atoms with Crippen molar-refractivity contribution in [2.75, 3.05) is 0 Å². The van der Waals surface area contributed by atoms with Gasteiger partial charge in [0.05, 0.1) is 6.21 Å². The number of fused-ring (bicyclic) bond motifs is 7. The van der Waals surface area contributed by atoms with Crippen LogP contribution >= 0.6 is 0 Å². The molecule has 4 aliphatic rings. The molecule has 3 unspecified atom stereocenters. The Labute approximate surface area is 147 Å². The van der Waals surface area contributed by atoms with Crippen molar-refractivity contribution in [2.24, 2.45) is 21.6 Å². The molecule has 5 rings (SSSR count). The molecule has 1 aromatic rings. The number of hydrogen-bond donors (Lipinski definition) is 0. The van der Waals surface area contributed by atoms with Gasteiger partial charge in [-0.2, -0.15) is 8.42 Å². The Balaban J connectivity index is 1.57. The van der Waals surface area contributed by atoms with E-state index < -0.39 is 10.3 Å². The number of carbonyl (C=O) groups is 1. The van der Waals surface area contributed by atoms with Crippen molar-refractivity contribution in [2.45, 2.75) is 51.4 Å². The van der Waals surface area contributed by atoms with Crippen LogP contribution in [0.3, 0.4) is 0 Å². The number of rotatable bonds is 0. The number of ketones is 1. The van der Waals surface area contributed by atoms with Crippen molar-refractivity contribution in [3.05, 3.63) is 28.8 Å². The van der Waals surface area contributed by atoms with Crippen LogP contribution < -0.4 is 4.18 Å². The van der Waals surface area contributed by atoms with Crippen molar-refractivity contribution in [3.8, 4) is 5.75 Å². The Kier molecular flexibility index (Phi) is 3.07. The maximum atomic E-state index is 12.4. The van der Waals surface area contributed by atoms with E-state index >= 15 is 0 Å². The molecule has 0 radical (unpaired) electrons. The normalized spacial score (nSPS) is 37.5. The van der Waals surface area contributed by atoms with E-state index in [1.807, 2.05) is 6.07 Å². The molecule has 6 heteroatoms. The fourth-order valence-electron chi connectivity index (χ4n) is 5.91. The smallest absolute Gasteiger partial charge is 0.365 e.